The summed E-state index contributed by atoms with van der Waals surface area (Å²) >= 11 is 1.42. The summed E-state index contributed by atoms with van der Waals surface area (Å²) in [5.41, 5.74) is 2.99. The summed E-state index contributed by atoms with van der Waals surface area (Å²) in [5, 5.41) is 15.8. The molecule has 1 aromatic heterocycles. The molecule has 0 radical (unpaired) electrons. The van der Waals surface area contributed by atoms with E-state index in [-0.39, 0.29) is 17.7 Å². The summed E-state index contributed by atoms with van der Waals surface area (Å²) in [7, 11) is 3.62. The van der Waals surface area contributed by atoms with Gasteiger partial charge in [-0.1, -0.05) is 54.2 Å². The third kappa shape index (κ3) is 4.14. The Bertz CT molecular complexity index is 1140. The second-order valence-corrected chi connectivity index (χ2v) is 9.05. The fourth-order valence-corrected chi connectivity index (χ4v) is 4.74. The molecule has 2 heterocycles. The molecule has 0 unspecified atom stereocenters. The van der Waals surface area contributed by atoms with E-state index in [1.807, 2.05) is 66.2 Å². The molecule has 7 nitrogen and oxygen atoms in total. The van der Waals surface area contributed by atoms with Gasteiger partial charge in [0.2, 0.25) is 0 Å². The van der Waals surface area contributed by atoms with Gasteiger partial charge in [-0.05, 0) is 36.1 Å². The Kier molecular flexibility index (Phi) is 5.70. The van der Waals surface area contributed by atoms with E-state index >= 15 is 0 Å². The number of hydrogen-bond acceptors (Lipinski definition) is 6. The molecule has 32 heavy (non-hydrogen) atoms. The van der Waals surface area contributed by atoms with Crippen molar-refractivity contribution in [3.05, 3.63) is 71.5 Å². The van der Waals surface area contributed by atoms with E-state index in [1.165, 1.54) is 24.6 Å². The molecule has 1 fully saturated rings. The van der Waals surface area contributed by atoms with Crippen molar-refractivity contribution in [3.8, 4) is 5.75 Å². The predicted molar refractivity (Wildman–Crippen MR) is 124 cm³/mol. The number of carbonyl (C=O) groups excluding carboxylic acids is 1. The van der Waals surface area contributed by atoms with Gasteiger partial charge in [-0.25, -0.2) is 5.01 Å². The van der Waals surface area contributed by atoms with Crippen molar-refractivity contribution in [3.63, 3.8) is 0 Å². The lowest BCUT2D eigenvalue weighted by Crippen LogP contribution is -2.28. The highest BCUT2D eigenvalue weighted by Gasteiger charge is 2.34. The van der Waals surface area contributed by atoms with Gasteiger partial charge in [0.15, 0.2) is 5.16 Å². The number of aromatic nitrogens is 3. The van der Waals surface area contributed by atoms with Crippen molar-refractivity contribution in [2.45, 2.75) is 36.4 Å². The largest absolute Gasteiger partial charge is 0.497 e. The van der Waals surface area contributed by atoms with Crippen molar-refractivity contribution in [1.29, 1.82) is 0 Å². The molecule has 2 aliphatic rings. The number of thioether (sulfide) groups is 1. The number of methoxy groups -OCH3 is 1. The molecular formula is C24H25N5O2S. The monoisotopic (exact) mass is 447 g/mol. The van der Waals surface area contributed by atoms with Crippen molar-refractivity contribution in [1.82, 2.24) is 19.8 Å². The molecule has 1 aliphatic heterocycles. The van der Waals surface area contributed by atoms with Crippen LogP contribution in [0.4, 0.5) is 0 Å². The van der Waals surface area contributed by atoms with Crippen LogP contribution in [0, 0.1) is 0 Å². The highest BCUT2D eigenvalue weighted by Crippen LogP contribution is 2.40. The number of amides is 1. The van der Waals surface area contributed by atoms with Crippen LogP contribution in [-0.4, -0.2) is 44.3 Å². The minimum absolute atomic E-state index is 0.0438. The molecule has 5 rings (SSSR count). The van der Waals surface area contributed by atoms with Crippen molar-refractivity contribution < 1.29 is 9.53 Å². The van der Waals surface area contributed by atoms with E-state index in [4.69, 9.17) is 9.84 Å². The second kappa shape index (κ2) is 8.78. The van der Waals surface area contributed by atoms with Gasteiger partial charge >= 0.3 is 0 Å². The third-order valence-corrected chi connectivity index (χ3v) is 6.91. The Labute approximate surface area is 191 Å². The van der Waals surface area contributed by atoms with E-state index in [1.54, 1.807) is 12.1 Å². The topological polar surface area (TPSA) is 72.6 Å². The SMILES string of the molecule is COc1ccc([C@H]2CC(c3ccccc3)=NN2C(=O)CSc2nnc(C3CC3)n2C)cc1. The zero-order valence-corrected chi connectivity index (χ0v) is 19.0. The van der Waals surface area contributed by atoms with Crippen LogP contribution in [0.15, 0.2) is 64.9 Å². The third-order valence-electron chi connectivity index (χ3n) is 5.91. The van der Waals surface area contributed by atoms with Crippen LogP contribution in [0.1, 0.15) is 48.2 Å². The average Bonchev–Trinajstić information content (AvgIpc) is 3.46. The Morgan fingerprint density at radius 1 is 1.09 bits per heavy atom. The van der Waals surface area contributed by atoms with Crippen LogP contribution in [0.2, 0.25) is 0 Å². The van der Waals surface area contributed by atoms with Gasteiger partial charge < -0.3 is 9.30 Å². The maximum atomic E-state index is 13.3. The number of carbonyl (C=O) groups is 1. The van der Waals surface area contributed by atoms with Gasteiger partial charge in [-0.2, -0.15) is 5.10 Å². The van der Waals surface area contributed by atoms with Gasteiger partial charge in [0, 0.05) is 19.4 Å². The molecule has 164 valence electrons. The first kappa shape index (κ1) is 20.8. The molecule has 3 aromatic rings. The number of benzene rings is 2. The zero-order valence-electron chi connectivity index (χ0n) is 18.1. The molecule has 1 amide bonds. The first-order valence-electron chi connectivity index (χ1n) is 10.7. The van der Waals surface area contributed by atoms with Crippen LogP contribution >= 0.6 is 11.8 Å². The minimum atomic E-state index is -0.147. The lowest BCUT2D eigenvalue weighted by Gasteiger charge is -2.22. The number of ether oxygens (including phenoxy) is 1. The van der Waals surface area contributed by atoms with Crippen LogP contribution in [-0.2, 0) is 11.8 Å². The lowest BCUT2D eigenvalue weighted by atomic mass is 9.98. The minimum Gasteiger partial charge on any atom is -0.497 e. The molecule has 0 bridgehead atoms. The van der Waals surface area contributed by atoms with Gasteiger partial charge in [-0.3, -0.25) is 4.79 Å². The van der Waals surface area contributed by atoms with E-state index < -0.39 is 0 Å². The van der Waals surface area contributed by atoms with Crippen molar-refractivity contribution in [2.75, 3.05) is 12.9 Å². The fourth-order valence-electron chi connectivity index (χ4n) is 3.97. The van der Waals surface area contributed by atoms with Crippen LogP contribution in [0.5, 0.6) is 5.75 Å². The Morgan fingerprint density at radius 3 is 2.53 bits per heavy atom. The summed E-state index contributed by atoms with van der Waals surface area (Å²) in [4.78, 5) is 13.3. The van der Waals surface area contributed by atoms with Crippen LogP contribution < -0.4 is 4.74 Å². The summed E-state index contributed by atoms with van der Waals surface area (Å²) in [6.07, 6.45) is 3.01. The second-order valence-electron chi connectivity index (χ2n) is 8.11. The summed E-state index contributed by atoms with van der Waals surface area (Å²) < 4.78 is 7.30. The smallest absolute Gasteiger partial charge is 0.253 e. The normalized spacial score (nSPS) is 18.0. The van der Waals surface area contributed by atoms with Crippen molar-refractivity contribution in [2.24, 2.45) is 12.1 Å². The van der Waals surface area contributed by atoms with Gasteiger partial charge in [-0.15, -0.1) is 10.2 Å². The molecule has 1 atom stereocenters. The molecular weight excluding hydrogens is 422 g/mol. The number of hydrazone groups is 1. The lowest BCUT2D eigenvalue weighted by molar-refractivity contribution is -0.130. The molecule has 0 saturated heterocycles. The van der Waals surface area contributed by atoms with Crippen LogP contribution in [0.25, 0.3) is 0 Å². The van der Waals surface area contributed by atoms with Crippen LogP contribution in [0.3, 0.4) is 0 Å². The van der Waals surface area contributed by atoms with Gasteiger partial charge in [0.1, 0.15) is 11.6 Å². The molecule has 0 spiro atoms. The Morgan fingerprint density at radius 2 is 1.84 bits per heavy atom. The first-order valence-corrected chi connectivity index (χ1v) is 11.7. The van der Waals surface area contributed by atoms with E-state index in [0.717, 1.165) is 33.6 Å². The Balaban J connectivity index is 1.36. The number of rotatable bonds is 7. The maximum absolute atomic E-state index is 13.3. The number of nitrogens with zero attached hydrogens (tertiary/aromatic N) is 5. The van der Waals surface area contributed by atoms with Gasteiger partial charge in [0.25, 0.3) is 5.91 Å². The molecule has 1 saturated carbocycles. The average molecular weight is 448 g/mol. The highest BCUT2D eigenvalue weighted by molar-refractivity contribution is 7.99. The van der Waals surface area contributed by atoms with E-state index in [2.05, 4.69) is 10.2 Å². The predicted octanol–water partition coefficient (Wildman–Crippen LogP) is 4.17. The van der Waals surface area contributed by atoms with Gasteiger partial charge in [0.05, 0.1) is 24.6 Å². The molecule has 8 heteroatoms. The van der Waals surface area contributed by atoms with E-state index in [0.29, 0.717) is 12.3 Å². The first-order chi connectivity index (χ1) is 15.6. The summed E-state index contributed by atoms with van der Waals surface area (Å²) in [6, 6.07) is 17.7. The van der Waals surface area contributed by atoms with Crippen molar-refractivity contribution >= 4 is 23.4 Å². The molecule has 0 N–H and O–H groups in total. The maximum Gasteiger partial charge on any atom is 0.253 e. The Hall–Kier alpha value is -3.13. The fraction of sp³-hybridized carbons (Fsp3) is 0.333. The zero-order chi connectivity index (χ0) is 22.1. The highest BCUT2D eigenvalue weighted by atomic mass is 32.2. The number of hydrogen-bond donors (Lipinski definition) is 0. The summed E-state index contributed by atoms with van der Waals surface area (Å²) in [6.45, 7) is 0. The molecule has 1 aliphatic carbocycles. The quantitative estimate of drug-likeness (QED) is 0.508. The van der Waals surface area contributed by atoms with E-state index in [9.17, 15) is 4.79 Å². The molecule has 2 aromatic carbocycles. The standard InChI is InChI=1S/C24H25N5O2S/c1-28-23(18-8-9-18)25-26-24(28)32-15-22(30)29-21(17-10-12-19(31-2)13-11-17)14-20(27-29)16-6-4-3-5-7-16/h3-7,10-13,18,21H,8-9,14-15H2,1-2H3/t21-/m1/s1. The summed E-state index contributed by atoms with van der Waals surface area (Å²) in [5.74, 6) is 2.54.